The molecule has 0 radical (unpaired) electrons. The van der Waals surface area contributed by atoms with Crippen LogP contribution in [0.3, 0.4) is 0 Å². The van der Waals surface area contributed by atoms with Gasteiger partial charge < -0.3 is 10.0 Å². The van der Waals surface area contributed by atoms with Crippen molar-refractivity contribution in [3.8, 4) is 0 Å². The van der Waals surface area contributed by atoms with Gasteiger partial charge in [-0.3, -0.25) is 4.98 Å². The van der Waals surface area contributed by atoms with Gasteiger partial charge in [0.15, 0.2) is 0 Å². The molecule has 0 saturated carbocycles. The van der Waals surface area contributed by atoms with Crippen LogP contribution in [0.15, 0.2) is 24.5 Å². The Labute approximate surface area is 97.1 Å². The zero-order valence-electron chi connectivity index (χ0n) is 9.84. The molecule has 0 aliphatic carbocycles. The van der Waals surface area contributed by atoms with E-state index in [9.17, 15) is 5.11 Å². The maximum atomic E-state index is 9.79. The smallest absolute Gasteiger partial charge is 0.0693 e. The molecule has 1 aromatic rings. The summed E-state index contributed by atoms with van der Waals surface area (Å²) in [5.41, 5.74) is 1.27. The average molecular weight is 220 g/mol. The summed E-state index contributed by atoms with van der Waals surface area (Å²) >= 11 is 0. The zero-order chi connectivity index (χ0) is 11.4. The van der Waals surface area contributed by atoms with Crippen LogP contribution in [-0.2, 0) is 6.42 Å². The first-order valence-corrected chi connectivity index (χ1v) is 6.05. The molecule has 3 nitrogen and oxygen atoms in total. The average Bonchev–Trinajstić information content (AvgIpc) is 2.32. The third-order valence-corrected chi connectivity index (χ3v) is 3.44. The zero-order valence-corrected chi connectivity index (χ0v) is 9.84. The van der Waals surface area contributed by atoms with Gasteiger partial charge in [-0.1, -0.05) is 13.0 Å². The van der Waals surface area contributed by atoms with Gasteiger partial charge in [-0.05, 0) is 36.9 Å². The van der Waals surface area contributed by atoms with Gasteiger partial charge in [-0.25, -0.2) is 0 Å². The molecule has 1 aliphatic rings. The summed E-state index contributed by atoms with van der Waals surface area (Å²) in [6.07, 6.45) is 5.70. The molecule has 1 saturated heterocycles. The molecule has 1 aromatic heterocycles. The van der Waals surface area contributed by atoms with Gasteiger partial charge in [0.2, 0.25) is 0 Å². The minimum absolute atomic E-state index is 0.150. The molecule has 0 bridgehead atoms. The van der Waals surface area contributed by atoms with E-state index in [1.54, 1.807) is 6.20 Å². The Morgan fingerprint density at radius 2 is 2.44 bits per heavy atom. The fourth-order valence-corrected chi connectivity index (χ4v) is 2.15. The molecule has 88 valence electrons. The number of nitrogens with zero attached hydrogens (tertiary/aromatic N) is 2. The first-order chi connectivity index (χ1) is 7.75. The number of β-amino-alcohol motifs (C(OH)–C–C–N with tert-alkyl or cyclic N) is 1. The van der Waals surface area contributed by atoms with Crippen molar-refractivity contribution in [3.63, 3.8) is 0 Å². The van der Waals surface area contributed by atoms with E-state index < -0.39 is 0 Å². The molecule has 2 rings (SSSR count). The monoisotopic (exact) mass is 220 g/mol. The molecule has 1 aliphatic heterocycles. The molecule has 0 amide bonds. The van der Waals surface area contributed by atoms with E-state index in [-0.39, 0.29) is 6.10 Å². The van der Waals surface area contributed by atoms with E-state index in [2.05, 4.69) is 22.9 Å². The molecule has 2 atom stereocenters. The van der Waals surface area contributed by atoms with E-state index >= 15 is 0 Å². The van der Waals surface area contributed by atoms with Crippen molar-refractivity contribution in [2.24, 2.45) is 5.92 Å². The lowest BCUT2D eigenvalue weighted by Gasteiger charge is -2.34. The third kappa shape index (κ3) is 3.03. The Morgan fingerprint density at radius 1 is 1.56 bits per heavy atom. The molecule has 1 N–H and O–H groups in total. The van der Waals surface area contributed by atoms with Crippen molar-refractivity contribution in [1.82, 2.24) is 9.88 Å². The van der Waals surface area contributed by atoms with Gasteiger partial charge in [0.05, 0.1) is 6.10 Å². The number of aliphatic hydroxyl groups is 1. The van der Waals surface area contributed by atoms with Gasteiger partial charge in [0.1, 0.15) is 0 Å². The van der Waals surface area contributed by atoms with Gasteiger partial charge in [0, 0.05) is 25.5 Å². The number of hydrogen-bond donors (Lipinski definition) is 1. The quantitative estimate of drug-likeness (QED) is 0.835. The Balaban J connectivity index is 1.79. The molecule has 16 heavy (non-hydrogen) atoms. The first-order valence-electron chi connectivity index (χ1n) is 6.05. The summed E-state index contributed by atoms with van der Waals surface area (Å²) in [5.74, 6) is 0.453. The lowest BCUT2D eigenvalue weighted by Crippen LogP contribution is -2.43. The molecule has 1 fully saturated rings. The fourth-order valence-electron chi connectivity index (χ4n) is 2.15. The van der Waals surface area contributed by atoms with E-state index in [4.69, 9.17) is 0 Å². The van der Waals surface area contributed by atoms with Crippen LogP contribution >= 0.6 is 0 Å². The largest absolute Gasteiger partial charge is 0.392 e. The molecule has 3 heteroatoms. The van der Waals surface area contributed by atoms with Crippen LogP contribution in [-0.4, -0.2) is 40.7 Å². The summed E-state index contributed by atoms with van der Waals surface area (Å²) in [6.45, 7) is 5.08. The number of aromatic nitrogens is 1. The second-order valence-electron chi connectivity index (χ2n) is 4.75. The van der Waals surface area contributed by atoms with Crippen molar-refractivity contribution in [3.05, 3.63) is 30.1 Å². The highest BCUT2D eigenvalue weighted by atomic mass is 16.3. The summed E-state index contributed by atoms with van der Waals surface area (Å²) in [4.78, 5) is 6.45. The van der Waals surface area contributed by atoms with Gasteiger partial charge >= 0.3 is 0 Å². The van der Waals surface area contributed by atoms with Crippen LogP contribution in [0.1, 0.15) is 18.9 Å². The highest BCUT2D eigenvalue weighted by Gasteiger charge is 2.23. The Kier molecular flexibility index (Phi) is 3.91. The van der Waals surface area contributed by atoms with E-state index in [0.717, 1.165) is 32.5 Å². The van der Waals surface area contributed by atoms with Crippen LogP contribution in [0.25, 0.3) is 0 Å². The van der Waals surface area contributed by atoms with E-state index in [0.29, 0.717) is 5.92 Å². The Hall–Kier alpha value is -0.930. The minimum Gasteiger partial charge on any atom is -0.392 e. The number of piperidine rings is 1. The molecule has 2 unspecified atom stereocenters. The first kappa shape index (κ1) is 11.6. The van der Waals surface area contributed by atoms with Crippen LogP contribution < -0.4 is 0 Å². The maximum Gasteiger partial charge on any atom is 0.0693 e. The van der Waals surface area contributed by atoms with Crippen LogP contribution in [0.2, 0.25) is 0 Å². The van der Waals surface area contributed by atoms with Crippen molar-refractivity contribution in [2.75, 3.05) is 19.6 Å². The number of hydrogen-bond acceptors (Lipinski definition) is 3. The van der Waals surface area contributed by atoms with Crippen LogP contribution in [0.5, 0.6) is 0 Å². The van der Waals surface area contributed by atoms with Crippen molar-refractivity contribution in [2.45, 2.75) is 25.9 Å². The molecule has 0 aromatic carbocycles. The minimum atomic E-state index is -0.150. The van der Waals surface area contributed by atoms with Gasteiger partial charge in [-0.15, -0.1) is 0 Å². The number of aliphatic hydroxyl groups excluding tert-OH is 1. The van der Waals surface area contributed by atoms with E-state index in [1.807, 2.05) is 12.3 Å². The summed E-state index contributed by atoms with van der Waals surface area (Å²) in [5, 5.41) is 9.79. The Morgan fingerprint density at radius 3 is 3.12 bits per heavy atom. The number of rotatable bonds is 3. The molecular weight excluding hydrogens is 200 g/mol. The predicted octanol–water partition coefficient (Wildman–Crippen LogP) is 1.33. The lowest BCUT2D eigenvalue weighted by atomic mass is 9.96. The highest BCUT2D eigenvalue weighted by molar-refractivity contribution is 5.08. The standard InChI is InChI=1S/C13H20N2O/c1-11-4-7-15(10-13(11)16)8-5-12-3-2-6-14-9-12/h2-3,6,9,11,13,16H,4-5,7-8,10H2,1H3. The summed E-state index contributed by atoms with van der Waals surface area (Å²) in [7, 11) is 0. The molecular formula is C13H20N2O. The van der Waals surface area contributed by atoms with Crippen LogP contribution in [0, 0.1) is 5.92 Å². The summed E-state index contributed by atoms with van der Waals surface area (Å²) in [6, 6.07) is 4.08. The molecule has 0 spiro atoms. The maximum absolute atomic E-state index is 9.79. The number of likely N-dealkylation sites (tertiary alicyclic amines) is 1. The number of pyridine rings is 1. The molecule has 2 heterocycles. The SMILES string of the molecule is CC1CCN(CCc2cccnc2)CC1O. The topological polar surface area (TPSA) is 36.4 Å². The normalized spacial score (nSPS) is 26.9. The van der Waals surface area contributed by atoms with Gasteiger partial charge in [-0.2, -0.15) is 0 Å². The second-order valence-corrected chi connectivity index (χ2v) is 4.75. The van der Waals surface area contributed by atoms with Crippen LogP contribution in [0.4, 0.5) is 0 Å². The van der Waals surface area contributed by atoms with Gasteiger partial charge in [0.25, 0.3) is 0 Å². The fraction of sp³-hybridized carbons (Fsp3) is 0.615. The van der Waals surface area contributed by atoms with Crippen molar-refractivity contribution in [1.29, 1.82) is 0 Å². The van der Waals surface area contributed by atoms with Crippen molar-refractivity contribution < 1.29 is 5.11 Å². The predicted molar refractivity (Wildman–Crippen MR) is 64.2 cm³/mol. The van der Waals surface area contributed by atoms with Crippen molar-refractivity contribution >= 4 is 0 Å². The Bertz CT molecular complexity index is 315. The van der Waals surface area contributed by atoms with E-state index in [1.165, 1.54) is 5.56 Å². The second kappa shape index (κ2) is 5.41. The summed E-state index contributed by atoms with van der Waals surface area (Å²) < 4.78 is 0. The lowest BCUT2D eigenvalue weighted by molar-refractivity contribution is 0.0298. The highest BCUT2D eigenvalue weighted by Crippen LogP contribution is 2.17. The third-order valence-electron chi connectivity index (χ3n) is 3.44.